The Bertz CT molecular complexity index is 1000. The number of hydrogen-bond acceptors (Lipinski definition) is 7. The molecule has 2 aromatic carbocycles. The van der Waals surface area contributed by atoms with Crippen LogP contribution < -0.4 is 4.18 Å². The van der Waals surface area contributed by atoms with Crippen LogP contribution in [0.3, 0.4) is 0 Å². The fraction of sp³-hybridized carbons (Fsp3) is 0. The van der Waals surface area contributed by atoms with Gasteiger partial charge in [0.05, 0.1) is 11.0 Å². The van der Waals surface area contributed by atoms with Gasteiger partial charge in [-0.2, -0.15) is 16.8 Å². The van der Waals surface area contributed by atoms with Gasteiger partial charge in [0.25, 0.3) is 15.8 Å². The number of nitro benzene ring substituents is 1. The molecule has 9 nitrogen and oxygen atoms in total. The summed E-state index contributed by atoms with van der Waals surface area (Å²) in [6.45, 7) is 0. The van der Waals surface area contributed by atoms with E-state index < -0.39 is 41.5 Å². The van der Waals surface area contributed by atoms with Gasteiger partial charge in [-0.15, -0.1) is 0 Å². The highest BCUT2D eigenvalue weighted by Crippen LogP contribution is 2.31. The van der Waals surface area contributed by atoms with Gasteiger partial charge in [-0.05, 0) is 30.3 Å². The minimum atomic E-state index is -4.86. The molecule has 0 saturated heterocycles. The van der Waals surface area contributed by atoms with Crippen LogP contribution in [-0.4, -0.2) is 26.3 Å². The summed E-state index contributed by atoms with van der Waals surface area (Å²) < 4.78 is 61.4. The molecule has 0 aromatic heterocycles. The lowest BCUT2D eigenvalue weighted by atomic mass is 10.3. The van der Waals surface area contributed by atoms with Crippen LogP contribution in [0.1, 0.15) is 0 Å². The second kappa shape index (κ2) is 6.47. The van der Waals surface area contributed by atoms with Crippen LogP contribution in [-0.2, 0) is 20.2 Å². The van der Waals surface area contributed by atoms with E-state index >= 15 is 0 Å². The Morgan fingerprint density at radius 3 is 2.12 bits per heavy atom. The van der Waals surface area contributed by atoms with E-state index in [1.165, 1.54) is 24.3 Å². The van der Waals surface area contributed by atoms with Crippen LogP contribution in [0.4, 0.5) is 5.69 Å². The first-order chi connectivity index (χ1) is 11.0. The molecule has 2 aromatic rings. The van der Waals surface area contributed by atoms with Crippen molar-refractivity contribution in [3.05, 3.63) is 57.1 Å². The molecule has 0 radical (unpaired) electrons. The summed E-state index contributed by atoms with van der Waals surface area (Å²) in [7, 11) is -9.33. The van der Waals surface area contributed by atoms with Crippen LogP contribution in [0.15, 0.2) is 56.7 Å². The average Bonchev–Trinajstić information content (AvgIpc) is 2.45. The molecule has 1 N–H and O–H groups in total. The number of non-ortho nitro benzene ring substituents is 1. The van der Waals surface area contributed by atoms with Crippen LogP contribution in [0.5, 0.6) is 5.75 Å². The van der Waals surface area contributed by atoms with Gasteiger partial charge in [-0.1, -0.05) is 15.9 Å². The molecule has 0 heterocycles. The van der Waals surface area contributed by atoms with Gasteiger partial charge in [-0.25, -0.2) is 0 Å². The Hall–Kier alpha value is -2.02. The lowest BCUT2D eigenvalue weighted by Gasteiger charge is -2.10. The first-order valence-corrected chi connectivity index (χ1v) is 9.61. The molecule has 0 unspecified atom stereocenters. The number of hydrogen-bond donors (Lipinski definition) is 1. The van der Waals surface area contributed by atoms with Crippen LogP contribution in [0, 0.1) is 10.1 Å². The molecule has 12 heteroatoms. The molecule has 0 atom stereocenters. The van der Waals surface area contributed by atoms with Gasteiger partial charge in [0.2, 0.25) is 0 Å². The van der Waals surface area contributed by atoms with Crippen molar-refractivity contribution in [2.24, 2.45) is 0 Å². The maximum Gasteiger partial charge on any atom is 0.339 e. The zero-order chi connectivity index (χ0) is 18.1. The molecule has 128 valence electrons. The van der Waals surface area contributed by atoms with Gasteiger partial charge >= 0.3 is 10.1 Å². The van der Waals surface area contributed by atoms with Crippen LogP contribution >= 0.6 is 15.9 Å². The highest BCUT2D eigenvalue weighted by atomic mass is 79.9. The highest BCUT2D eigenvalue weighted by Gasteiger charge is 2.25. The van der Waals surface area contributed by atoms with E-state index in [-0.39, 0.29) is 4.90 Å². The molecule has 0 aliphatic carbocycles. The molecular formula is C12H8BrNO8S2. The van der Waals surface area contributed by atoms with Gasteiger partial charge in [0.15, 0.2) is 5.75 Å². The molecule has 0 aliphatic heterocycles. The summed E-state index contributed by atoms with van der Waals surface area (Å²) >= 11 is 3.12. The summed E-state index contributed by atoms with van der Waals surface area (Å²) in [4.78, 5) is 8.69. The number of nitro groups is 1. The van der Waals surface area contributed by atoms with Crippen molar-refractivity contribution in [1.29, 1.82) is 0 Å². The molecular weight excluding hydrogens is 430 g/mol. The third-order valence-electron chi connectivity index (χ3n) is 2.72. The van der Waals surface area contributed by atoms with Crippen molar-refractivity contribution in [2.45, 2.75) is 9.79 Å². The van der Waals surface area contributed by atoms with Crippen molar-refractivity contribution >= 4 is 41.9 Å². The van der Waals surface area contributed by atoms with Crippen molar-refractivity contribution in [3.63, 3.8) is 0 Å². The summed E-state index contributed by atoms with van der Waals surface area (Å²) in [6.07, 6.45) is 0. The maximum atomic E-state index is 12.2. The Morgan fingerprint density at radius 2 is 1.62 bits per heavy atom. The number of halogens is 1. The first kappa shape index (κ1) is 18.3. The first-order valence-electron chi connectivity index (χ1n) is 5.97. The molecule has 0 amide bonds. The normalized spacial score (nSPS) is 11.9. The summed E-state index contributed by atoms with van der Waals surface area (Å²) in [5, 5.41) is 10.8. The number of nitrogens with zero attached hydrogens (tertiary/aromatic N) is 1. The predicted molar refractivity (Wildman–Crippen MR) is 84.9 cm³/mol. The molecule has 24 heavy (non-hydrogen) atoms. The van der Waals surface area contributed by atoms with E-state index in [9.17, 15) is 26.9 Å². The van der Waals surface area contributed by atoms with E-state index in [4.69, 9.17) is 4.55 Å². The summed E-state index contributed by atoms with van der Waals surface area (Å²) in [5.74, 6) is -0.880. The summed E-state index contributed by atoms with van der Waals surface area (Å²) in [5.41, 5.74) is -0.608. The van der Waals surface area contributed by atoms with E-state index in [0.717, 1.165) is 6.07 Å². The third-order valence-corrected chi connectivity index (χ3v) is 5.39. The number of benzene rings is 2. The predicted octanol–water partition coefficient (Wildman–Crippen LogP) is 2.37. The monoisotopic (exact) mass is 437 g/mol. The van der Waals surface area contributed by atoms with E-state index in [1.54, 1.807) is 0 Å². The van der Waals surface area contributed by atoms with E-state index in [0.29, 0.717) is 16.6 Å². The molecule has 0 aliphatic rings. The van der Waals surface area contributed by atoms with Gasteiger partial charge in [0.1, 0.15) is 9.79 Å². The average molecular weight is 438 g/mol. The topological polar surface area (TPSA) is 141 Å². The minimum absolute atomic E-state index is 0.307. The van der Waals surface area contributed by atoms with Gasteiger partial charge in [0, 0.05) is 10.5 Å². The zero-order valence-electron chi connectivity index (χ0n) is 11.5. The Kier molecular flexibility index (Phi) is 4.94. The molecule has 0 fully saturated rings. The Morgan fingerprint density at radius 1 is 1.04 bits per heavy atom. The molecule has 0 spiro atoms. The quantitative estimate of drug-likeness (QED) is 0.325. The fourth-order valence-electron chi connectivity index (χ4n) is 1.66. The molecule has 0 saturated carbocycles. The van der Waals surface area contributed by atoms with Gasteiger partial charge in [-0.3, -0.25) is 14.7 Å². The van der Waals surface area contributed by atoms with Crippen LogP contribution in [0.25, 0.3) is 0 Å². The standard InChI is InChI=1S/C12H8BrNO8S2/c13-8-1-4-10(5-2-8)24(20,21)22-11-7-9(14(15)16)3-6-12(11)23(17,18)19/h1-7H,(H,17,18,19). The molecule has 0 bridgehead atoms. The SMILES string of the molecule is O=[N+]([O-])c1ccc(S(=O)(=O)O)c(OS(=O)(=O)c2ccc(Br)cc2)c1. The Labute approximate surface area is 145 Å². The fourth-order valence-corrected chi connectivity index (χ4v) is 3.51. The second-order valence-corrected chi connectivity index (χ2v) is 8.21. The Balaban J connectivity index is 2.56. The van der Waals surface area contributed by atoms with E-state index in [2.05, 4.69) is 20.1 Å². The van der Waals surface area contributed by atoms with Crippen molar-refractivity contribution < 1.29 is 30.5 Å². The van der Waals surface area contributed by atoms with Gasteiger partial charge < -0.3 is 4.18 Å². The lowest BCUT2D eigenvalue weighted by Crippen LogP contribution is -2.12. The molecule has 2 rings (SSSR count). The zero-order valence-corrected chi connectivity index (χ0v) is 14.7. The van der Waals surface area contributed by atoms with Crippen LogP contribution in [0.2, 0.25) is 0 Å². The highest BCUT2D eigenvalue weighted by molar-refractivity contribution is 9.10. The van der Waals surface area contributed by atoms with Crippen molar-refractivity contribution in [3.8, 4) is 5.75 Å². The number of rotatable bonds is 5. The summed E-state index contributed by atoms with van der Waals surface area (Å²) in [6, 6.07) is 7.26. The minimum Gasteiger partial charge on any atom is -0.377 e. The second-order valence-electron chi connectivity index (χ2n) is 4.35. The maximum absolute atomic E-state index is 12.2. The third kappa shape index (κ3) is 4.08. The lowest BCUT2D eigenvalue weighted by molar-refractivity contribution is -0.385. The largest absolute Gasteiger partial charge is 0.377 e. The van der Waals surface area contributed by atoms with E-state index in [1.807, 2.05) is 0 Å². The smallest absolute Gasteiger partial charge is 0.339 e. The van der Waals surface area contributed by atoms with Crippen molar-refractivity contribution in [1.82, 2.24) is 0 Å². The van der Waals surface area contributed by atoms with Crippen molar-refractivity contribution in [2.75, 3.05) is 0 Å².